The van der Waals surface area contributed by atoms with Gasteiger partial charge >= 0.3 is 11.9 Å². The highest BCUT2D eigenvalue weighted by molar-refractivity contribution is 6.12. The van der Waals surface area contributed by atoms with Gasteiger partial charge in [-0.1, -0.05) is 43.5 Å². The Morgan fingerprint density at radius 3 is 1.75 bits per heavy atom. The Hall–Kier alpha value is -7.81. The molecule has 0 aliphatic carbocycles. The number of ether oxygens (including phenoxy) is 2. The van der Waals surface area contributed by atoms with Crippen molar-refractivity contribution in [3.8, 4) is 40.1 Å². The minimum absolute atomic E-state index is 0.0157. The highest BCUT2D eigenvalue weighted by Crippen LogP contribution is 2.34. The topological polar surface area (TPSA) is 212 Å². The third kappa shape index (κ3) is 8.31. The number of hydrogen-bond acceptors (Lipinski definition) is 13. The summed E-state index contributed by atoms with van der Waals surface area (Å²) in [6.45, 7) is 8.66. The molecule has 0 radical (unpaired) electrons. The number of nitrogens with zero attached hydrogens (tertiary/aromatic N) is 6. The highest BCUT2D eigenvalue weighted by Gasteiger charge is 2.22. The van der Waals surface area contributed by atoms with E-state index in [9.17, 15) is 34.8 Å². The summed E-state index contributed by atoms with van der Waals surface area (Å²) in [7, 11) is 0. The van der Waals surface area contributed by atoms with Crippen LogP contribution in [0.5, 0.6) is 28.7 Å². The van der Waals surface area contributed by atoms with Gasteiger partial charge < -0.3 is 29.9 Å². The van der Waals surface area contributed by atoms with Gasteiger partial charge in [-0.2, -0.15) is 0 Å². The SMILES string of the molecule is C=C(C)C(=O)OCCc1ccc(O)c(-n2nc3ccccc3n2)c1.C=CC(=O)Oc1ccc(C(=O)c2cc(-n3nc4ccccc4n3)c(O)cc2O)c(O)c1. The Kier molecular flexibility index (Phi) is 10.6. The van der Waals surface area contributed by atoms with Crippen molar-refractivity contribution < 1.29 is 44.3 Å². The maximum atomic E-state index is 13.0. The van der Waals surface area contributed by atoms with Crippen LogP contribution in [-0.4, -0.2) is 74.7 Å². The largest absolute Gasteiger partial charge is 0.507 e. The standard InChI is InChI=1S/C22H15N3O6.C18H17N3O3/c1-2-21(29)31-12-7-8-13(18(26)9-12)22(30)14-10-17(20(28)11-19(14)27)25-23-15-5-3-4-6-16(15)24-25;1-12(2)18(23)24-10-9-13-7-8-17(22)16(11-13)21-19-14-5-3-4-6-15(14)20-21/h2-11,26-28H,1H2;3-8,11,22H,1,9-10H2,2H3. The van der Waals surface area contributed by atoms with Crippen LogP contribution in [0.4, 0.5) is 0 Å². The van der Waals surface area contributed by atoms with E-state index in [1.54, 1.807) is 49.4 Å². The van der Waals surface area contributed by atoms with Gasteiger partial charge in [-0.25, -0.2) is 9.59 Å². The molecule has 0 saturated carbocycles. The number of phenolic OH excluding ortho intramolecular Hbond substituents is 4. The number of carbonyl (C=O) groups excluding carboxylic acids is 3. The molecule has 2 heterocycles. The molecule has 7 rings (SSSR count). The summed E-state index contributed by atoms with van der Waals surface area (Å²) in [6.07, 6.45) is 1.48. The summed E-state index contributed by atoms with van der Waals surface area (Å²) in [6, 6.07) is 25.5. The summed E-state index contributed by atoms with van der Waals surface area (Å²) in [4.78, 5) is 38.2. The molecule has 5 aromatic carbocycles. The lowest BCUT2D eigenvalue weighted by molar-refractivity contribution is -0.138. The fourth-order valence-electron chi connectivity index (χ4n) is 5.18. The van der Waals surface area contributed by atoms with Crippen LogP contribution in [0.3, 0.4) is 0 Å². The zero-order valence-electron chi connectivity index (χ0n) is 29.2. The molecule has 0 fully saturated rings. The van der Waals surface area contributed by atoms with Gasteiger partial charge in [0.1, 0.15) is 62.2 Å². The van der Waals surface area contributed by atoms with E-state index in [0.717, 1.165) is 39.6 Å². The van der Waals surface area contributed by atoms with Crippen LogP contribution < -0.4 is 4.74 Å². The predicted octanol–water partition coefficient (Wildman–Crippen LogP) is 5.65. The third-order valence-electron chi connectivity index (χ3n) is 7.95. The fraction of sp³-hybridized carbons (Fsp3) is 0.0750. The van der Waals surface area contributed by atoms with E-state index in [1.165, 1.54) is 23.0 Å². The summed E-state index contributed by atoms with van der Waals surface area (Å²) in [5, 5.41) is 58.1. The van der Waals surface area contributed by atoms with E-state index in [2.05, 4.69) is 33.6 Å². The van der Waals surface area contributed by atoms with Crippen LogP contribution in [0, 0.1) is 0 Å². The van der Waals surface area contributed by atoms with Crippen molar-refractivity contribution in [2.24, 2.45) is 0 Å². The molecule has 0 aliphatic rings. The van der Waals surface area contributed by atoms with E-state index in [1.807, 2.05) is 24.3 Å². The first-order valence-corrected chi connectivity index (χ1v) is 16.5. The van der Waals surface area contributed by atoms with Crippen LogP contribution in [-0.2, 0) is 20.7 Å². The average Bonchev–Trinajstić information content (AvgIpc) is 3.80. The summed E-state index contributed by atoms with van der Waals surface area (Å²) in [5.74, 6) is -3.06. The van der Waals surface area contributed by atoms with E-state index in [0.29, 0.717) is 28.7 Å². The second kappa shape index (κ2) is 15.8. The number of ketones is 1. The lowest BCUT2D eigenvalue weighted by Gasteiger charge is -2.10. The number of phenols is 4. The number of rotatable bonds is 10. The van der Waals surface area contributed by atoms with Crippen molar-refractivity contribution in [3.05, 3.63) is 139 Å². The molecule has 0 unspecified atom stereocenters. The average molecular weight is 741 g/mol. The normalized spacial score (nSPS) is 10.7. The zero-order valence-corrected chi connectivity index (χ0v) is 29.2. The van der Waals surface area contributed by atoms with Crippen molar-refractivity contribution >= 4 is 39.8 Å². The summed E-state index contributed by atoms with van der Waals surface area (Å²) in [5.41, 5.74) is 4.12. The quantitative estimate of drug-likeness (QED) is 0.0579. The molecule has 0 saturated heterocycles. The number of aromatic nitrogens is 6. The van der Waals surface area contributed by atoms with Crippen LogP contribution in [0.1, 0.15) is 28.4 Å². The monoisotopic (exact) mass is 740 g/mol. The Morgan fingerprint density at radius 1 is 0.673 bits per heavy atom. The second-order valence-electron chi connectivity index (χ2n) is 11.9. The molecular formula is C40H32N6O9. The Balaban J connectivity index is 0.000000193. The first-order chi connectivity index (χ1) is 26.4. The minimum Gasteiger partial charge on any atom is -0.507 e. The summed E-state index contributed by atoms with van der Waals surface area (Å²) >= 11 is 0. The molecule has 0 bridgehead atoms. The summed E-state index contributed by atoms with van der Waals surface area (Å²) < 4.78 is 9.99. The molecule has 4 N–H and O–H groups in total. The molecule has 0 aliphatic heterocycles. The maximum Gasteiger partial charge on any atom is 0.335 e. The van der Waals surface area contributed by atoms with Crippen molar-refractivity contribution in [1.29, 1.82) is 0 Å². The zero-order chi connectivity index (χ0) is 39.2. The first kappa shape index (κ1) is 37.0. The number of aromatic hydroxyl groups is 4. The smallest absolute Gasteiger partial charge is 0.335 e. The lowest BCUT2D eigenvalue weighted by atomic mass is 10.0. The van der Waals surface area contributed by atoms with Gasteiger partial charge in [-0.05, 0) is 67.1 Å². The van der Waals surface area contributed by atoms with Crippen LogP contribution in [0.25, 0.3) is 33.4 Å². The molecule has 0 spiro atoms. The molecular weight excluding hydrogens is 708 g/mol. The van der Waals surface area contributed by atoms with Crippen LogP contribution in [0.2, 0.25) is 0 Å². The van der Waals surface area contributed by atoms with Crippen molar-refractivity contribution in [1.82, 2.24) is 30.0 Å². The third-order valence-corrected chi connectivity index (χ3v) is 7.95. The lowest BCUT2D eigenvalue weighted by Crippen LogP contribution is -2.08. The fourth-order valence-corrected chi connectivity index (χ4v) is 5.18. The van der Waals surface area contributed by atoms with E-state index in [4.69, 9.17) is 9.47 Å². The Morgan fingerprint density at radius 2 is 1.22 bits per heavy atom. The Bertz CT molecular complexity index is 2560. The van der Waals surface area contributed by atoms with Gasteiger partial charge in [0.15, 0.2) is 0 Å². The van der Waals surface area contributed by atoms with Gasteiger partial charge in [-0.15, -0.1) is 30.0 Å². The highest BCUT2D eigenvalue weighted by atomic mass is 16.5. The number of esters is 2. The molecule has 7 aromatic rings. The molecule has 15 heteroatoms. The number of carbonyl (C=O) groups is 3. The van der Waals surface area contributed by atoms with Crippen molar-refractivity contribution in [2.75, 3.05) is 6.61 Å². The van der Waals surface area contributed by atoms with E-state index < -0.39 is 29.2 Å². The minimum atomic E-state index is -0.727. The molecule has 0 atom stereocenters. The van der Waals surface area contributed by atoms with E-state index >= 15 is 0 Å². The van der Waals surface area contributed by atoms with Crippen molar-refractivity contribution in [3.63, 3.8) is 0 Å². The first-order valence-electron chi connectivity index (χ1n) is 16.5. The number of fused-ring (bicyclic) bond motifs is 2. The number of benzene rings is 5. The Labute approximate surface area is 312 Å². The maximum absolute atomic E-state index is 13.0. The van der Waals surface area contributed by atoms with Gasteiger partial charge in [0.05, 0.1) is 17.7 Å². The van der Waals surface area contributed by atoms with Crippen molar-refractivity contribution in [2.45, 2.75) is 13.3 Å². The van der Waals surface area contributed by atoms with Gasteiger partial charge in [0.25, 0.3) is 0 Å². The number of hydrogen-bond donors (Lipinski definition) is 4. The molecule has 15 nitrogen and oxygen atoms in total. The predicted molar refractivity (Wildman–Crippen MR) is 200 cm³/mol. The van der Waals surface area contributed by atoms with Gasteiger partial charge in [0, 0.05) is 30.2 Å². The van der Waals surface area contributed by atoms with Crippen LogP contribution >= 0.6 is 0 Å². The van der Waals surface area contributed by atoms with E-state index in [-0.39, 0.29) is 40.7 Å². The van der Waals surface area contributed by atoms with Gasteiger partial charge in [0.2, 0.25) is 5.78 Å². The van der Waals surface area contributed by atoms with Gasteiger partial charge in [-0.3, -0.25) is 4.79 Å². The van der Waals surface area contributed by atoms with Crippen LogP contribution in [0.15, 0.2) is 122 Å². The molecule has 2 aromatic heterocycles. The molecule has 55 heavy (non-hydrogen) atoms. The second-order valence-corrected chi connectivity index (χ2v) is 11.9. The molecule has 0 amide bonds. The molecule has 276 valence electrons.